The SMILES string of the molecule is O=C(O)CCN1C(=O)[C@H]2[C@H](CC=C3[C@H]2C[C@@]2(Cl)C(=O)N(c4c(F)c(F)c(F)c(F)c4F)C(=O)[C@@]2(Cl)[C@H]3c2cc(OC(F)(F)F)ccc2O)C1=O. The van der Waals surface area contributed by atoms with Crippen molar-refractivity contribution in [3.8, 4) is 11.5 Å². The number of phenols is 1. The van der Waals surface area contributed by atoms with Gasteiger partial charge in [-0.05, 0) is 37.0 Å². The van der Waals surface area contributed by atoms with Crippen LogP contribution in [0.15, 0.2) is 29.8 Å². The van der Waals surface area contributed by atoms with E-state index in [9.17, 15) is 55.4 Å². The van der Waals surface area contributed by atoms with E-state index >= 15 is 8.78 Å². The Balaban J connectivity index is 1.59. The van der Waals surface area contributed by atoms with Gasteiger partial charge in [-0.15, -0.1) is 36.4 Å². The summed E-state index contributed by atoms with van der Waals surface area (Å²) in [5.74, 6) is -28.2. The Labute approximate surface area is 283 Å². The van der Waals surface area contributed by atoms with Gasteiger partial charge >= 0.3 is 12.3 Å². The minimum atomic E-state index is -5.31. The molecule has 0 aromatic heterocycles. The molecule has 0 radical (unpaired) electrons. The number of amides is 4. The lowest BCUT2D eigenvalue weighted by Gasteiger charge is -2.50. The maximum absolute atomic E-state index is 15.1. The third-order valence-electron chi connectivity index (χ3n) is 9.41. The van der Waals surface area contributed by atoms with Crippen molar-refractivity contribution >= 4 is 58.5 Å². The van der Waals surface area contributed by atoms with E-state index in [1.54, 1.807) is 0 Å². The number of anilines is 1. The summed E-state index contributed by atoms with van der Waals surface area (Å²) in [6.07, 6.45) is -6.00. The van der Waals surface area contributed by atoms with Gasteiger partial charge in [0.15, 0.2) is 33.0 Å². The van der Waals surface area contributed by atoms with E-state index in [0.29, 0.717) is 23.1 Å². The number of rotatable bonds is 6. The molecular weight excluding hydrogens is 739 g/mol. The molecule has 6 atom stereocenters. The molecule has 2 heterocycles. The van der Waals surface area contributed by atoms with Gasteiger partial charge in [-0.3, -0.25) is 28.9 Å². The molecule has 1 saturated carbocycles. The summed E-state index contributed by atoms with van der Waals surface area (Å²) in [5.41, 5.74) is -2.95. The summed E-state index contributed by atoms with van der Waals surface area (Å²) in [6.45, 7) is -0.583. The van der Waals surface area contributed by atoms with Crippen LogP contribution < -0.4 is 9.64 Å². The number of phenolic OH excluding ortho intramolecular Hbond substituents is 1. The molecule has 2 aliphatic heterocycles. The fraction of sp³-hybridized carbons (Fsp3) is 0.367. The van der Waals surface area contributed by atoms with Gasteiger partial charge in [0.25, 0.3) is 11.8 Å². The van der Waals surface area contributed by atoms with Crippen molar-refractivity contribution in [2.75, 3.05) is 11.4 Å². The highest BCUT2D eigenvalue weighted by molar-refractivity contribution is 6.58. The van der Waals surface area contributed by atoms with E-state index < -0.39 is 146 Å². The van der Waals surface area contributed by atoms with Gasteiger partial charge in [-0.1, -0.05) is 11.6 Å². The number of carboxylic acids is 1. The molecule has 2 aromatic carbocycles. The smallest absolute Gasteiger partial charge is 0.508 e. The fourth-order valence-electron chi connectivity index (χ4n) is 7.37. The van der Waals surface area contributed by atoms with Gasteiger partial charge in [-0.25, -0.2) is 26.9 Å². The zero-order chi connectivity index (χ0) is 37.0. The number of aromatic hydroxyl groups is 1. The third-order valence-corrected chi connectivity index (χ3v) is 10.8. The summed E-state index contributed by atoms with van der Waals surface area (Å²) in [5, 5.41) is 20.1. The molecule has 2 aromatic rings. The number of carbonyl (C=O) groups excluding carboxylic acids is 4. The number of allylic oxidation sites excluding steroid dienone is 2. The lowest BCUT2D eigenvalue weighted by molar-refractivity contribution is -0.274. The summed E-state index contributed by atoms with van der Waals surface area (Å²) < 4.78 is 116. The molecule has 2 saturated heterocycles. The Kier molecular flexibility index (Phi) is 8.17. The predicted octanol–water partition coefficient (Wildman–Crippen LogP) is 5.02. The molecule has 0 unspecified atom stereocenters. The Morgan fingerprint density at radius 1 is 0.920 bits per heavy atom. The van der Waals surface area contributed by atoms with Crippen molar-refractivity contribution in [2.24, 2.45) is 17.8 Å². The van der Waals surface area contributed by atoms with Crippen molar-refractivity contribution in [3.05, 3.63) is 64.5 Å². The van der Waals surface area contributed by atoms with Gasteiger partial charge in [0.1, 0.15) is 17.2 Å². The second kappa shape index (κ2) is 11.5. The highest BCUT2D eigenvalue weighted by Crippen LogP contribution is 2.67. The van der Waals surface area contributed by atoms with Crippen LogP contribution in [-0.2, 0) is 24.0 Å². The predicted molar refractivity (Wildman–Crippen MR) is 150 cm³/mol. The number of ether oxygens (including phenoxy) is 1. The third kappa shape index (κ3) is 4.85. The summed E-state index contributed by atoms with van der Waals surface area (Å²) in [7, 11) is 0. The standard InChI is InChI=1S/C30H18Cl2F8N2O8/c31-28-8-13-10(2-3-11-16(13)25(47)41(24(11)46)6-5-15(44)45)17(12-7-9(1-4-14(12)43)50-30(38,39)40)29(28,32)27(49)42(26(28)48)23-21(36)19(34)18(33)20(35)22(23)37/h1-2,4,7,11,13,16-17,43H,3,5-6,8H2,(H,44,45)/t11-,13+,16-,17+,28+,29-/m0/s1. The first-order valence-electron chi connectivity index (χ1n) is 14.3. The van der Waals surface area contributed by atoms with Crippen molar-refractivity contribution in [2.45, 2.75) is 41.3 Å². The number of imide groups is 2. The number of carbonyl (C=O) groups is 5. The molecule has 2 N–H and O–H groups in total. The number of aliphatic carboxylic acids is 1. The molecular formula is C30H18Cl2F8N2O8. The average Bonchev–Trinajstić information content (AvgIpc) is 3.36. The van der Waals surface area contributed by atoms with Crippen molar-refractivity contribution in [1.82, 2.24) is 4.90 Å². The zero-order valence-electron chi connectivity index (χ0n) is 24.5. The van der Waals surface area contributed by atoms with Crippen LogP contribution in [0.3, 0.4) is 0 Å². The number of hydrogen-bond acceptors (Lipinski definition) is 7. The number of halogens is 10. The number of fused-ring (bicyclic) bond motifs is 4. The molecule has 6 rings (SSSR count). The van der Waals surface area contributed by atoms with Crippen LogP contribution in [0.2, 0.25) is 0 Å². The number of hydrogen-bond donors (Lipinski definition) is 2. The van der Waals surface area contributed by atoms with Crippen LogP contribution in [0, 0.1) is 46.8 Å². The molecule has 20 heteroatoms. The van der Waals surface area contributed by atoms with Crippen LogP contribution >= 0.6 is 23.2 Å². The quantitative estimate of drug-likeness (QED) is 0.105. The van der Waals surface area contributed by atoms with Crippen LogP contribution in [0.4, 0.5) is 40.8 Å². The first-order chi connectivity index (χ1) is 23.2. The molecule has 0 bridgehead atoms. The van der Waals surface area contributed by atoms with Crippen molar-refractivity contribution in [1.29, 1.82) is 0 Å². The molecule has 4 amide bonds. The fourth-order valence-corrected chi connectivity index (χ4v) is 8.29. The lowest BCUT2D eigenvalue weighted by Crippen LogP contribution is -2.60. The Morgan fingerprint density at radius 3 is 2.10 bits per heavy atom. The summed E-state index contributed by atoms with van der Waals surface area (Å²) in [6, 6.07) is 1.86. The van der Waals surface area contributed by atoms with E-state index in [0.717, 1.165) is 0 Å². The van der Waals surface area contributed by atoms with Crippen LogP contribution in [0.25, 0.3) is 0 Å². The Bertz CT molecular complexity index is 1930. The first-order valence-corrected chi connectivity index (χ1v) is 15.1. The number of likely N-dealkylation sites (tertiary alicyclic amines) is 1. The van der Waals surface area contributed by atoms with Crippen molar-refractivity contribution < 1.29 is 74.0 Å². The maximum atomic E-state index is 15.1. The second-order valence-corrected chi connectivity index (χ2v) is 13.2. The van der Waals surface area contributed by atoms with E-state index in [-0.39, 0.29) is 12.0 Å². The topological polar surface area (TPSA) is 142 Å². The first kappa shape index (κ1) is 35.4. The number of benzene rings is 2. The Hall–Kier alpha value is -4.45. The highest BCUT2D eigenvalue weighted by atomic mass is 35.5. The van der Waals surface area contributed by atoms with E-state index in [1.807, 2.05) is 0 Å². The van der Waals surface area contributed by atoms with E-state index in [4.69, 9.17) is 28.3 Å². The lowest BCUT2D eigenvalue weighted by atomic mass is 9.56. The molecule has 50 heavy (non-hydrogen) atoms. The molecule has 266 valence electrons. The zero-order valence-corrected chi connectivity index (χ0v) is 26.0. The monoisotopic (exact) mass is 756 g/mol. The number of alkyl halides is 5. The minimum absolute atomic E-state index is 0.168. The van der Waals surface area contributed by atoms with E-state index in [1.165, 1.54) is 6.08 Å². The largest absolute Gasteiger partial charge is 0.573 e. The minimum Gasteiger partial charge on any atom is -0.508 e. The maximum Gasteiger partial charge on any atom is 0.573 e. The van der Waals surface area contributed by atoms with Gasteiger partial charge in [0.05, 0.1) is 18.3 Å². The van der Waals surface area contributed by atoms with Gasteiger partial charge in [0.2, 0.25) is 17.6 Å². The van der Waals surface area contributed by atoms with Crippen molar-refractivity contribution in [3.63, 3.8) is 0 Å². The molecule has 2 aliphatic carbocycles. The van der Waals surface area contributed by atoms with Crippen LogP contribution in [-0.4, -0.2) is 67.4 Å². The Morgan fingerprint density at radius 2 is 1.52 bits per heavy atom. The number of carboxylic acid groups (broad SMARTS) is 1. The van der Waals surface area contributed by atoms with Crippen LogP contribution in [0.5, 0.6) is 11.5 Å². The molecule has 4 aliphatic rings. The highest BCUT2D eigenvalue weighted by Gasteiger charge is 2.77. The molecule has 3 fully saturated rings. The molecule has 0 spiro atoms. The average molecular weight is 757 g/mol. The normalized spacial score (nSPS) is 29.2. The van der Waals surface area contributed by atoms with Crippen LogP contribution in [0.1, 0.15) is 30.7 Å². The van der Waals surface area contributed by atoms with E-state index in [2.05, 4.69) is 4.74 Å². The molecule has 10 nitrogen and oxygen atoms in total. The van der Waals surface area contributed by atoms with Gasteiger partial charge in [0, 0.05) is 18.0 Å². The number of nitrogens with zero attached hydrogens (tertiary/aromatic N) is 2. The summed E-state index contributed by atoms with van der Waals surface area (Å²) in [4.78, 5) is 60.5. The van der Waals surface area contributed by atoms with Gasteiger partial charge in [-0.2, -0.15) is 0 Å². The van der Waals surface area contributed by atoms with Gasteiger partial charge < -0.3 is 14.9 Å². The second-order valence-electron chi connectivity index (χ2n) is 11.9. The summed E-state index contributed by atoms with van der Waals surface area (Å²) >= 11 is 13.8.